The summed E-state index contributed by atoms with van der Waals surface area (Å²) in [5, 5.41) is 4.50. The number of methoxy groups -OCH3 is 1. The third-order valence-corrected chi connectivity index (χ3v) is 4.77. The van der Waals surface area contributed by atoms with Crippen LogP contribution in [0.25, 0.3) is 0 Å². The molecular formula is C17H13Cl2N3OS. The van der Waals surface area contributed by atoms with E-state index in [0.29, 0.717) is 21.9 Å². The zero-order chi connectivity index (χ0) is 16.9. The minimum absolute atomic E-state index is 0.454. The molecule has 0 aliphatic rings. The number of halogens is 2. The summed E-state index contributed by atoms with van der Waals surface area (Å²) in [6, 6.07) is 15.0. The van der Waals surface area contributed by atoms with Crippen LogP contribution in [0.4, 0.5) is 11.6 Å². The molecule has 0 atom stereocenters. The Morgan fingerprint density at radius 2 is 1.96 bits per heavy atom. The molecule has 0 saturated carbocycles. The fraction of sp³-hybridized carbons (Fsp3) is 0.0588. The van der Waals surface area contributed by atoms with Gasteiger partial charge in [0.15, 0.2) is 0 Å². The first-order chi connectivity index (χ1) is 11.6. The van der Waals surface area contributed by atoms with E-state index in [1.807, 2.05) is 42.5 Å². The summed E-state index contributed by atoms with van der Waals surface area (Å²) in [5.41, 5.74) is 0.831. The van der Waals surface area contributed by atoms with Crippen molar-refractivity contribution < 1.29 is 4.74 Å². The van der Waals surface area contributed by atoms with E-state index in [-0.39, 0.29) is 0 Å². The Labute approximate surface area is 154 Å². The van der Waals surface area contributed by atoms with E-state index in [2.05, 4.69) is 15.3 Å². The van der Waals surface area contributed by atoms with E-state index in [1.54, 1.807) is 19.4 Å². The normalized spacial score (nSPS) is 10.5. The highest BCUT2D eigenvalue weighted by molar-refractivity contribution is 7.99. The van der Waals surface area contributed by atoms with E-state index in [4.69, 9.17) is 27.9 Å². The van der Waals surface area contributed by atoms with Crippen LogP contribution >= 0.6 is 35.0 Å². The first kappa shape index (κ1) is 16.9. The first-order valence-electron chi connectivity index (χ1n) is 7.01. The Morgan fingerprint density at radius 3 is 2.75 bits per heavy atom. The van der Waals surface area contributed by atoms with Gasteiger partial charge in [0.05, 0.1) is 12.1 Å². The summed E-state index contributed by atoms with van der Waals surface area (Å²) in [5.74, 6) is 0.949. The lowest BCUT2D eigenvalue weighted by Crippen LogP contribution is -1.98. The van der Waals surface area contributed by atoms with Crippen molar-refractivity contribution in [2.75, 3.05) is 12.4 Å². The van der Waals surface area contributed by atoms with Crippen LogP contribution < -0.4 is 10.1 Å². The van der Waals surface area contributed by atoms with Gasteiger partial charge in [-0.1, -0.05) is 41.0 Å². The second kappa shape index (κ2) is 7.75. The fourth-order valence-corrected chi connectivity index (χ4v) is 3.39. The second-order valence-corrected chi connectivity index (χ2v) is 6.71. The third-order valence-electron chi connectivity index (χ3n) is 3.05. The van der Waals surface area contributed by atoms with Gasteiger partial charge in [0.25, 0.3) is 0 Å². The molecule has 0 aliphatic heterocycles. The summed E-state index contributed by atoms with van der Waals surface area (Å²) < 4.78 is 5.10. The Kier molecular flexibility index (Phi) is 5.45. The van der Waals surface area contributed by atoms with Gasteiger partial charge in [0.1, 0.15) is 0 Å². The van der Waals surface area contributed by atoms with Gasteiger partial charge >= 0.3 is 0 Å². The molecule has 3 rings (SSSR count). The van der Waals surface area contributed by atoms with E-state index < -0.39 is 0 Å². The molecule has 7 heteroatoms. The van der Waals surface area contributed by atoms with Gasteiger partial charge in [-0.15, -0.1) is 0 Å². The lowest BCUT2D eigenvalue weighted by molar-refractivity contribution is 0.397. The van der Waals surface area contributed by atoms with Gasteiger partial charge in [-0.05, 0) is 36.4 Å². The lowest BCUT2D eigenvalue weighted by atomic mass is 10.3. The Bertz CT molecular complexity index is 861. The molecule has 0 saturated heterocycles. The van der Waals surface area contributed by atoms with Crippen molar-refractivity contribution in [2.24, 2.45) is 0 Å². The van der Waals surface area contributed by atoms with Gasteiger partial charge in [0.2, 0.25) is 11.8 Å². The molecule has 122 valence electrons. The van der Waals surface area contributed by atoms with E-state index in [0.717, 1.165) is 15.5 Å². The maximum absolute atomic E-state index is 6.30. The zero-order valence-electron chi connectivity index (χ0n) is 12.7. The van der Waals surface area contributed by atoms with Crippen molar-refractivity contribution in [3.63, 3.8) is 0 Å². The highest BCUT2D eigenvalue weighted by Crippen LogP contribution is 2.36. The molecule has 24 heavy (non-hydrogen) atoms. The Balaban J connectivity index is 1.83. The van der Waals surface area contributed by atoms with E-state index in [1.165, 1.54) is 11.8 Å². The maximum Gasteiger partial charge on any atom is 0.230 e. The molecule has 0 aliphatic carbocycles. The van der Waals surface area contributed by atoms with Gasteiger partial charge in [-0.2, -0.15) is 4.98 Å². The highest BCUT2D eigenvalue weighted by atomic mass is 35.5. The predicted octanol–water partition coefficient (Wildman–Crippen LogP) is 5.69. The topological polar surface area (TPSA) is 47.0 Å². The molecule has 0 bridgehead atoms. The smallest absolute Gasteiger partial charge is 0.230 e. The molecule has 0 spiro atoms. The quantitative estimate of drug-likeness (QED) is 0.618. The fourth-order valence-electron chi connectivity index (χ4n) is 1.96. The van der Waals surface area contributed by atoms with Crippen LogP contribution in [0.3, 0.4) is 0 Å². The summed E-state index contributed by atoms with van der Waals surface area (Å²) in [6.45, 7) is 0. The molecule has 2 aromatic carbocycles. The highest BCUT2D eigenvalue weighted by Gasteiger charge is 2.07. The Morgan fingerprint density at radius 1 is 1.08 bits per heavy atom. The van der Waals surface area contributed by atoms with Crippen LogP contribution in [0, 0.1) is 0 Å². The monoisotopic (exact) mass is 377 g/mol. The SMILES string of the molecule is COc1ccnc(Nc2ccc(Cl)c(Sc3cccc(Cl)c3)c2)n1. The minimum Gasteiger partial charge on any atom is -0.481 e. The summed E-state index contributed by atoms with van der Waals surface area (Å²) in [6.07, 6.45) is 1.63. The molecule has 1 heterocycles. The average Bonchev–Trinajstić information content (AvgIpc) is 2.58. The molecule has 0 amide bonds. The first-order valence-corrected chi connectivity index (χ1v) is 8.58. The van der Waals surface area contributed by atoms with Crippen molar-refractivity contribution in [3.8, 4) is 5.88 Å². The number of nitrogens with zero attached hydrogens (tertiary/aromatic N) is 2. The molecule has 0 unspecified atom stereocenters. The van der Waals surface area contributed by atoms with Crippen LogP contribution in [0.5, 0.6) is 5.88 Å². The molecule has 1 N–H and O–H groups in total. The number of aromatic nitrogens is 2. The average molecular weight is 378 g/mol. The van der Waals surface area contributed by atoms with Crippen molar-refractivity contribution >= 4 is 46.6 Å². The number of anilines is 2. The van der Waals surface area contributed by atoms with Gasteiger partial charge < -0.3 is 10.1 Å². The number of benzene rings is 2. The van der Waals surface area contributed by atoms with Crippen molar-refractivity contribution in [1.82, 2.24) is 9.97 Å². The summed E-state index contributed by atoms with van der Waals surface area (Å²) in [4.78, 5) is 10.3. The number of hydrogen-bond acceptors (Lipinski definition) is 5. The van der Waals surface area contributed by atoms with Crippen molar-refractivity contribution in [3.05, 3.63) is 64.8 Å². The number of ether oxygens (including phenoxy) is 1. The second-order valence-electron chi connectivity index (χ2n) is 4.75. The number of hydrogen-bond donors (Lipinski definition) is 1. The molecule has 4 nitrogen and oxygen atoms in total. The largest absolute Gasteiger partial charge is 0.481 e. The zero-order valence-corrected chi connectivity index (χ0v) is 15.0. The van der Waals surface area contributed by atoms with Crippen LogP contribution in [-0.2, 0) is 0 Å². The van der Waals surface area contributed by atoms with Gasteiger partial charge in [-0.3, -0.25) is 0 Å². The Hall–Kier alpha value is -1.95. The maximum atomic E-state index is 6.30. The van der Waals surface area contributed by atoms with Gasteiger partial charge in [-0.25, -0.2) is 4.98 Å². The molecule has 0 fully saturated rings. The van der Waals surface area contributed by atoms with Crippen LogP contribution in [0.2, 0.25) is 10.0 Å². The van der Waals surface area contributed by atoms with E-state index >= 15 is 0 Å². The standard InChI is InChI=1S/C17H13Cl2N3OS/c1-23-16-7-8-20-17(22-16)21-12-5-6-14(19)15(10-12)24-13-4-2-3-11(18)9-13/h2-10H,1H3,(H,20,21,22). The van der Waals surface area contributed by atoms with Crippen molar-refractivity contribution in [1.29, 1.82) is 0 Å². The van der Waals surface area contributed by atoms with Crippen LogP contribution in [-0.4, -0.2) is 17.1 Å². The molecular weight excluding hydrogens is 365 g/mol. The molecule has 3 aromatic rings. The lowest BCUT2D eigenvalue weighted by Gasteiger charge is -2.09. The number of nitrogens with one attached hydrogen (secondary N) is 1. The third kappa shape index (κ3) is 4.32. The number of rotatable bonds is 5. The predicted molar refractivity (Wildman–Crippen MR) is 98.9 cm³/mol. The van der Waals surface area contributed by atoms with Crippen molar-refractivity contribution in [2.45, 2.75) is 9.79 Å². The van der Waals surface area contributed by atoms with Crippen LogP contribution in [0.1, 0.15) is 0 Å². The van der Waals surface area contributed by atoms with Gasteiger partial charge in [0, 0.05) is 32.8 Å². The molecule has 1 aromatic heterocycles. The van der Waals surface area contributed by atoms with E-state index in [9.17, 15) is 0 Å². The van der Waals surface area contributed by atoms with Crippen LogP contribution in [0.15, 0.2) is 64.5 Å². The molecule has 0 radical (unpaired) electrons. The summed E-state index contributed by atoms with van der Waals surface area (Å²) >= 11 is 13.9. The summed E-state index contributed by atoms with van der Waals surface area (Å²) in [7, 11) is 1.56. The minimum atomic E-state index is 0.454.